The maximum Gasteiger partial charge on any atom is 0.472 e. The van der Waals surface area contributed by atoms with Crippen LogP contribution in [0.25, 0.3) is 0 Å². The molecule has 530 valence electrons. The first-order valence-corrected chi connectivity index (χ1v) is 38.1. The number of esters is 3. The van der Waals surface area contributed by atoms with Crippen LogP contribution in [0.4, 0.5) is 0 Å². The SMILES string of the molecule is CC/C=C\C/C=C\C/C=C\C/C=C\C/C=C\C/C=C\CCCCC(=O)OCC(O)COP(=O)(O)OCC(O)COP(=O)(O)OCC(COC(=O)CCCCCCCC/C=C\C/C=C\C/C=C\CCCCC)OC(=O)CCCCCCCCC/C=C\C/C=C\C/C=C\CC. The molecular formula is C75H124O16P2. The van der Waals surface area contributed by atoms with Crippen molar-refractivity contribution in [2.45, 2.75) is 270 Å². The first-order chi connectivity index (χ1) is 45.2. The molecule has 16 nitrogen and oxygen atoms in total. The van der Waals surface area contributed by atoms with Gasteiger partial charge >= 0.3 is 33.6 Å². The maximum absolute atomic E-state index is 13.0. The van der Waals surface area contributed by atoms with E-state index in [1.165, 1.54) is 19.3 Å². The number of allylic oxidation sites excluding steroid dienone is 24. The average molecular weight is 1340 g/mol. The molecule has 0 fully saturated rings. The fraction of sp³-hybridized carbons (Fsp3) is 0.640. The Morgan fingerprint density at radius 2 is 0.570 bits per heavy atom. The summed E-state index contributed by atoms with van der Waals surface area (Å²) in [5.74, 6) is -1.65. The number of carbonyl (C=O) groups is 3. The first kappa shape index (κ1) is 88.4. The highest BCUT2D eigenvalue weighted by Crippen LogP contribution is 2.45. The molecule has 0 aromatic carbocycles. The molecule has 0 aromatic heterocycles. The van der Waals surface area contributed by atoms with Crippen LogP contribution in [-0.4, -0.2) is 95.9 Å². The lowest BCUT2D eigenvalue weighted by atomic mass is 10.1. The molecule has 0 saturated carbocycles. The summed E-state index contributed by atoms with van der Waals surface area (Å²) in [6.07, 6.45) is 80.3. The normalized spacial score (nSPS) is 15.0. The molecule has 0 heterocycles. The van der Waals surface area contributed by atoms with Crippen LogP contribution < -0.4 is 0 Å². The molecule has 5 unspecified atom stereocenters. The Balaban J connectivity index is 4.76. The minimum Gasteiger partial charge on any atom is -0.463 e. The Morgan fingerprint density at radius 3 is 0.925 bits per heavy atom. The molecule has 0 saturated heterocycles. The highest BCUT2D eigenvalue weighted by atomic mass is 31.2. The molecule has 93 heavy (non-hydrogen) atoms. The average Bonchev–Trinajstić information content (AvgIpc) is 3.72. The van der Waals surface area contributed by atoms with Gasteiger partial charge in [-0.2, -0.15) is 0 Å². The second-order valence-electron chi connectivity index (χ2n) is 22.9. The summed E-state index contributed by atoms with van der Waals surface area (Å²) in [4.78, 5) is 58.5. The molecule has 0 aromatic rings. The molecule has 0 aliphatic heterocycles. The molecule has 0 aliphatic carbocycles. The van der Waals surface area contributed by atoms with E-state index in [0.29, 0.717) is 19.3 Å². The van der Waals surface area contributed by atoms with E-state index in [4.69, 9.17) is 32.3 Å². The van der Waals surface area contributed by atoms with Gasteiger partial charge in [0.05, 0.1) is 26.4 Å². The van der Waals surface area contributed by atoms with E-state index in [2.05, 4.69) is 167 Å². The number of hydrogen-bond donors (Lipinski definition) is 4. The van der Waals surface area contributed by atoms with E-state index in [1.807, 2.05) is 0 Å². The monoisotopic (exact) mass is 1340 g/mol. The van der Waals surface area contributed by atoms with E-state index >= 15 is 0 Å². The van der Waals surface area contributed by atoms with Crippen LogP contribution in [0.15, 0.2) is 146 Å². The lowest BCUT2D eigenvalue weighted by Crippen LogP contribution is -2.30. The zero-order valence-electron chi connectivity index (χ0n) is 57.4. The highest BCUT2D eigenvalue weighted by molar-refractivity contribution is 7.47. The Kier molecular flexibility index (Phi) is 64.1. The van der Waals surface area contributed by atoms with Crippen molar-refractivity contribution in [3.63, 3.8) is 0 Å². The lowest BCUT2D eigenvalue weighted by Gasteiger charge is -2.21. The number of phosphoric ester groups is 2. The van der Waals surface area contributed by atoms with Crippen molar-refractivity contribution in [1.29, 1.82) is 0 Å². The predicted octanol–water partition coefficient (Wildman–Crippen LogP) is 19.8. The van der Waals surface area contributed by atoms with Crippen molar-refractivity contribution in [3.8, 4) is 0 Å². The number of ether oxygens (including phenoxy) is 3. The summed E-state index contributed by atoms with van der Waals surface area (Å²) in [7, 11) is -9.81. The van der Waals surface area contributed by atoms with E-state index in [1.54, 1.807) is 0 Å². The number of aliphatic hydroxyl groups excluding tert-OH is 2. The van der Waals surface area contributed by atoms with Gasteiger partial charge in [0.2, 0.25) is 0 Å². The number of aliphatic hydroxyl groups is 2. The zero-order valence-corrected chi connectivity index (χ0v) is 59.2. The van der Waals surface area contributed by atoms with E-state index in [9.17, 15) is 43.5 Å². The van der Waals surface area contributed by atoms with Crippen molar-refractivity contribution in [1.82, 2.24) is 0 Å². The topological polar surface area (TPSA) is 231 Å². The molecule has 18 heteroatoms. The van der Waals surface area contributed by atoms with Gasteiger partial charge in [-0.1, -0.05) is 237 Å². The third-order valence-corrected chi connectivity index (χ3v) is 15.9. The van der Waals surface area contributed by atoms with Crippen molar-refractivity contribution in [2.24, 2.45) is 0 Å². The van der Waals surface area contributed by atoms with Crippen LogP contribution in [0.5, 0.6) is 0 Å². The Morgan fingerprint density at radius 1 is 0.312 bits per heavy atom. The third-order valence-electron chi connectivity index (χ3n) is 14.0. The van der Waals surface area contributed by atoms with Gasteiger partial charge in [-0.3, -0.25) is 32.5 Å². The van der Waals surface area contributed by atoms with Crippen molar-refractivity contribution >= 4 is 33.6 Å². The van der Waals surface area contributed by atoms with Crippen molar-refractivity contribution in [2.75, 3.05) is 39.6 Å². The van der Waals surface area contributed by atoms with Gasteiger partial charge in [-0.05, 0) is 141 Å². The Labute approximate surface area is 562 Å². The minimum absolute atomic E-state index is 0.0845. The molecule has 0 rings (SSSR count). The van der Waals surface area contributed by atoms with Gasteiger partial charge < -0.3 is 34.2 Å². The van der Waals surface area contributed by atoms with Crippen LogP contribution in [-0.2, 0) is 55.8 Å². The largest absolute Gasteiger partial charge is 0.472 e. The van der Waals surface area contributed by atoms with Crippen molar-refractivity contribution in [3.05, 3.63) is 146 Å². The van der Waals surface area contributed by atoms with Gasteiger partial charge in [0.1, 0.15) is 25.4 Å². The molecule has 4 N–H and O–H groups in total. The third kappa shape index (κ3) is 68.6. The summed E-state index contributed by atoms with van der Waals surface area (Å²) in [6.45, 7) is 2.32. The fourth-order valence-electron chi connectivity index (χ4n) is 8.71. The fourth-order valence-corrected chi connectivity index (χ4v) is 10.3. The molecule has 0 spiro atoms. The van der Waals surface area contributed by atoms with Gasteiger partial charge in [0.15, 0.2) is 6.10 Å². The van der Waals surface area contributed by atoms with Crippen LogP contribution in [0.1, 0.15) is 252 Å². The number of hydrogen-bond acceptors (Lipinski definition) is 14. The highest BCUT2D eigenvalue weighted by Gasteiger charge is 2.29. The second-order valence-corrected chi connectivity index (χ2v) is 25.8. The van der Waals surface area contributed by atoms with Gasteiger partial charge in [0.25, 0.3) is 0 Å². The van der Waals surface area contributed by atoms with Gasteiger partial charge in [-0.15, -0.1) is 0 Å². The lowest BCUT2D eigenvalue weighted by molar-refractivity contribution is -0.161. The smallest absolute Gasteiger partial charge is 0.463 e. The van der Waals surface area contributed by atoms with Crippen LogP contribution in [0.2, 0.25) is 0 Å². The molecule has 0 radical (unpaired) electrons. The summed E-state index contributed by atoms with van der Waals surface area (Å²) in [5.41, 5.74) is 0. The van der Waals surface area contributed by atoms with Gasteiger partial charge in [0, 0.05) is 19.3 Å². The van der Waals surface area contributed by atoms with E-state index in [-0.39, 0.29) is 19.3 Å². The Hall–Kier alpha value is -4.57. The van der Waals surface area contributed by atoms with E-state index in [0.717, 1.165) is 173 Å². The van der Waals surface area contributed by atoms with Gasteiger partial charge in [-0.25, -0.2) is 9.13 Å². The minimum atomic E-state index is -4.94. The summed E-state index contributed by atoms with van der Waals surface area (Å²) in [5, 5.41) is 20.6. The first-order valence-electron chi connectivity index (χ1n) is 35.1. The summed E-state index contributed by atoms with van der Waals surface area (Å²) >= 11 is 0. The molecule has 0 bridgehead atoms. The molecular weight excluding hydrogens is 1220 g/mol. The number of carbonyl (C=O) groups excluding carboxylic acids is 3. The summed E-state index contributed by atoms with van der Waals surface area (Å²) < 4.78 is 60.9. The Bertz CT molecular complexity index is 2280. The predicted molar refractivity (Wildman–Crippen MR) is 380 cm³/mol. The number of unbranched alkanes of at least 4 members (excludes halogenated alkanes) is 18. The molecule has 0 amide bonds. The molecule has 5 atom stereocenters. The number of rotatable bonds is 65. The quantitative estimate of drug-likeness (QED) is 0.0146. The van der Waals surface area contributed by atoms with E-state index < -0.39 is 91.5 Å². The second kappa shape index (κ2) is 67.4. The molecule has 0 aliphatic rings. The zero-order chi connectivity index (χ0) is 68.1. The maximum atomic E-state index is 13.0. The van der Waals surface area contributed by atoms with Crippen LogP contribution in [0, 0.1) is 0 Å². The van der Waals surface area contributed by atoms with Crippen molar-refractivity contribution < 1.29 is 75.8 Å². The summed E-state index contributed by atoms with van der Waals surface area (Å²) in [6, 6.07) is 0. The van der Waals surface area contributed by atoms with Crippen LogP contribution in [0.3, 0.4) is 0 Å². The van der Waals surface area contributed by atoms with Crippen LogP contribution >= 0.6 is 15.6 Å². The standard InChI is InChI=1S/C75H124O16P2/c1-4-7-10-13-16-19-22-25-28-31-33-34-36-39-40-43-46-49-52-55-58-61-73(78)85-64-70(76)65-87-92(81,82)88-66-71(77)67-89-93(83,84)90-69-72(91-75(80)63-60-57-54-51-48-45-42-37-30-27-24-21-18-15-12-9-6-3)68-86-74(79)62-59-56-53-50-47-44-41-38-35-32-29-26-23-20-17-14-11-8-5-2/h7,9-10,12,16-21,25-30,33-35,38-40,46,49,70-72,76-77H,4-6,8,11,13-15,22-24,31-32,36-37,41-45,47-48,50-69H2,1-3H3,(H,81,82)(H,83,84)/b10-7-,12-9-,19-16-,20-17-,21-18-,28-25-,29-26-,30-27-,34-33-,38-35-,40-39-,49-46-. The number of phosphoric acid groups is 2.